The molecule has 0 N–H and O–H groups in total. The van der Waals surface area contributed by atoms with Crippen LogP contribution in [0.15, 0.2) is 17.0 Å². The lowest BCUT2D eigenvalue weighted by molar-refractivity contribution is -0.119. The Morgan fingerprint density at radius 1 is 0.960 bits per heavy atom. The molecule has 0 aromatic heterocycles. The lowest BCUT2D eigenvalue weighted by Gasteiger charge is -2.36. The number of nitrogens with zero attached hydrogens (tertiary/aromatic N) is 3. The summed E-state index contributed by atoms with van der Waals surface area (Å²) in [6.45, 7) is 6.49. The highest BCUT2D eigenvalue weighted by Crippen LogP contribution is 2.38. The van der Waals surface area contributed by atoms with Gasteiger partial charge in [-0.05, 0) is 49.1 Å². The van der Waals surface area contributed by atoms with Crippen molar-refractivity contribution in [2.24, 2.45) is 0 Å². The third-order valence-corrected chi connectivity index (χ3v) is 7.54. The Labute approximate surface area is 149 Å². The molecule has 0 unspecified atom stereocenters. The fourth-order valence-corrected chi connectivity index (χ4v) is 5.73. The van der Waals surface area contributed by atoms with Crippen LogP contribution in [0.4, 0.5) is 5.69 Å². The van der Waals surface area contributed by atoms with Crippen molar-refractivity contribution in [2.45, 2.75) is 37.5 Å². The minimum absolute atomic E-state index is 0.166. The van der Waals surface area contributed by atoms with E-state index in [9.17, 15) is 13.2 Å². The number of anilines is 1. The molecule has 3 heterocycles. The first-order chi connectivity index (χ1) is 12.0. The zero-order valence-electron chi connectivity index (χ0n) is 14.7. The van der Waals surface area contributed by atoms with Gasteiger partial charge in [0.2, 0.25) is 15.9 Å². The summed E-state index contributed by atoms with van der Waals surface area (Å²) in [4.78, 5) is 16.7. The molecule has 0 radical (unpaired) electrons. The van der Waals surface area contributed by atoms with Crippen LogP contribution in [0.2, 0.25) is 0 Å². The van der Waals surface area contributed by atoms with Crippen molar-refractivity contribution >= 4 is 21.6 Å². The molecule has 0 saturated carbocycles. The minimum atomic E-state index is -3.46. The Hall–Kier alpha value is -1.44. The maximum absolute atomic E-state index is 13.1. The first kappa shape index (κ1) is 17.0. The summed E-state index contributed by atoms with van der Waals surface area (Å²) in [6, 6.07) is 3.62. The van der Waals surface area contributed by atoms with E-state index in [-0.39, 0.29) is 5.91 Å². The van der Waals surface area contributed by atoms with Gasteiger partial charge in [0.15, 0.2) is 0 Å². The predicted molar refractivity (Wildman–Crippen MR) is 96.3 cm³/mol. The van der Waals surface area contributed by atoms with Crippen LogP contribution >= 0.6 is 0 Å². The van der Waals surface area contributed by atoms with Crippen molar-refractivity contribution in [1.82, 2.24) is 9.21 Å². The Morgan fingerprint density at radius 2 is 1.64 bits per heavy atom. The van der Waals surface area contributed by atoms with Crippen LogP contribution in [0, 0.1) is 0 Å². The number of benzene rings is 1. The third-order valence-electron chi connectivity index (χ3n) is 5.66. The molecule has 1 saturated heterocycles. The van der Waals surface area contributed by atoms with E-state index in [0.717, 1.165) is 55.8 Å². The molecule has 0 aliphatic carbocycles. The molecule has 25 heavy (non-hydrogen) atoms. The summed E-state index contributed by atoms with van der Waals surface area (Å²) in [6.07, 6.45) is 2.87. The van der Waals surface area contributed by atoms with Crippen LogP contribution in [-0.2, 0) is 27.7 Å². The Balaban J connectivity index is 1.69. The van der Waals surface area contributed by atoms with E-state index in [4.69, 9.17) is 0 Å². The average Bonchev–Trinajstić information content (AvgIpc) is 2.64. The normalized spacial score (nSPS) is 22.1. The van der Waals surface area contributed by atoms with E-state index in [2.05, 4.69) is 11.8 Å². The van der Waals surface area contributed by atoms with Crippen molar-refractivity contribution in [3.8, 4) is 0 Å². The molecule has 6 nitrogen and oxygen atoms in total. The van der Waals surface area contributed by atoms with Crippen LogP contribution in [0.1, 0.15) is 30.9 Å². The van der Waals surface area contributed by atoms with E-state index >= 15 is 0 Å². The summed E-state index contributed by atoms with van der Waals surface area (Å²) in [5, 5.41) is 0. The number of hydrogen-bond donors (Lipinski definition) is 0. The van der Waals surface area contributed by atoms with Crippen molar-refractivity contribution in [1.29, 1.82) is 0 Å². The first-order valence-corrected chi connectivity index (χ1v) is 10.6. The Bertz CT molecular complexity index is 781. The highest BCUT2D eigenvalue weighted by atomic mass is 32.2. The predicted octanol–water partition coefficient (Wildman–Crippen LogP) is 1.24. The van der Waals surface area contributed by atoms with E-state index in [0.29, 0.717) is 30.8 Å². The van der Waals surface area contributed by atoms with Crippen molar-refractivity contribution in [3.05, 3.63) is 23.3 Å². The van der Waals surface area contributed by atoms with Crippen LogP contribution in [-0.4, -0.2) is 62.8 Å². The fraction of sp³-hybridized carbons (Fsp3) is 0.611. The highest BCUT2D eigenvalue weighted by molar-refractivity contribution is 7.89. The van der Waals surface area contributed by atoms with Gasteiger partial charge in [-0.25, -0.2) is 8.42 Å². The zero-order valence-corrected chi connectivity index (χ0v) is 15.5. The van der Waals surface area contributed by atoms with E-state index in [1.165, 1.54) is 0 Å². The summed E-state index contributed by atoms with van der Waals surface area (Å²) >= 11 is 0. The van der Waals surface area contributed by atoms with Gasteiger partial charge in [-0.3, -0.25) is 4.79 Å². The van der Waals surface area contributed by atoms with Gasteiger partial charge in [0.1, 0.15) is 0 Å². The molecule has 0 spiro atoms. The van der Waals surface area contributed by atoms with Gasteiger partial charge >= 0.3 is 0 Å². The van der Waals surface area contributed by atoms with Gasteiger partial charge in [0.25, 0.3) is 0 Å². The number of carbonyl (C=O) groups is 1. The molecule has 1 aromatic carbocycles. The zero-order chi connectivity index (χ0) is 17.6. The monoisotopic (exact) mass is 363 g/mol. The average molecular weight is 363 g/mol. The van der Waals surface area contributed by atoms with Crippen LogP contribution < -0.4 is 4.90 Å². The number of piperazine rings is 1. The van der Waals surface area contributed by atoms with Crippen LogP contribution in [0.5, 0.6) is 0 Å². The van der Waals surface area contributed by atoms with Crippen molar-refractivity contribution in [3.63, 3.8) is 0 Å². The van der Waals surface area contributed by atoms with E-state index in [1.54, 1.807) is 4.31 Å². The molecule has 3 aliphatic heterocycles. The summed E-state index contributed by atoms with van der Waals surface area (Å²) in [5.74, 6) is 0.166. The molecular weight excluding hydrogens is 338 g/mol. The first-order valence-electron chi connectivity index (χ1n) is 9.19. The topological polar surface area (TPSA) is 60.9 Å². The number of carbonyl (C=O) groups excluding carboxylic acids is 1. The molecule has 136 valence electrons. The second-order valence-electron chi connectivity index (χ2n) is 7.08. The minimum Gasteiger partial charge on any atom is -0.312 e. The SMILES string of the molecule is CCN1CCN(S(=O)(=O)c2cc3c4c(c2)CCC(=O)N4CCC3)CC1. The van der Waals surface area contributed by atoms with Gasteiger partial charge in [0.05, 0.1) is 10.6 Å². The van der Waals surface area contributed by atoms with E-state index < -0.39 is 10.0 Å². The van der Waals surface area contributed by atoms with Gasteiger partial charge in [-0.1, -0.05) is 6.92 Å². The molecule has 0 bridgehead atoms. The summed E-state index contributed by atoms with van der Waals surface area (Å²) < 4.78 is 27.9. The number of sulfonamides is 1. The number of rotatable bonds is 3. The van der Waals surface area contributed by atoms with Gasteiger partial charge in [-0.15, -0.1) is 0 Å². The number of aryl methyl sites for hydroxylation is 2. The molecule has 1 aromatic rings. The number of amides is 1. The van der Waals surface area contributed by atoms with Crippen LogP contribution in [0.3, 0.4) is 0 Å². The smallest absolute Gasteiger partial charge is 0.243 e. The Kier molecular flexibility index (Phi) is 4.33. The second kappa shape index (κ2) is 6.37. The molecule has 1 fully saturated rings. The molecule has 3 aliphatic rings. The summed E-state index contributed by atoms with van der Waals surface area (Å²) in [5.41, 5.74) is 3.02. The van der Waals surface area contributed by atoms with Crippen molar-refractivity contribution < 1.29 is 13.2 Å². The lowest BCUT2D eigenvalue weighted by Crippen LogP contribution is -2.48. The quantitative estimate of drug-likeness (QED) is 0.811. The second-order valence-corrected chi connectivity index (χ2v) is 9.02. The largest absolute Gasteiger partial charge is 0.312 e. The molecular formula is C18H25N3O3S. The van der Waals surface area contributed by atoms with E-state index in [1.807, 2.05) is 17.0 Å². The van der Waals surface area contributed by atoms with Gasteiger partial charge in [-0.2, -0.15) is 4.31 Å². The fourth-order valence-electron chi connectivity index (χ4n) is 4.21. The maximum atomic E-state index is 13.1. The summed E-state index contributed by atoms with van der Waals surface area (Å²) in [7, 11) is -3.46. The number of hydrogen-bond acceptors (Lipinski definition) is 4. The number of likely N-dealkylation sites (N-methyl/N-ethyl adjacent to an activating group) is 1. The standard InChI is InChI=1S/C18H25N3O3S/c1-2-19-8-10-20(11-9-19)25(23,24)16-12-14-4-3-7-21-17(22)6-5-15(13-16)18(14)21/h12-13H,2-11H2,1H3. The van der Waals surface area contributed by atoms with Gasteiger partial charge < -0.3 is 9.80 Å². The molecule has 0 atom stereocenters. The molecule has 4 rings (SSSR count). The maximum Gasteiger partial charge on any atom is 0.243 e. The molecule has 1 amide bonds. The third kappa shape index (κ3) is 2.88. The molecule has 7 heteroatoms. The lowest BCUT2D eigenvalue weighted by atomic mass is 9.92. The van der Waals surface area contributed by atoms with Crippen LogP contribution in [0.25, 0.3) is 0 Å². The van der Waals surface area contributed by atoms with Crippen molar-refractivity contribution in [2.75, 3.05) is 44.2 Å². The van der Waals surface area contributed by atoms with Gasteiger partial charge in [0, 0.05) is 39.1 Å². The Morgan fingerprint density at radius 3 is 2.32 bits per heavy atom. The highest BCUT2D eigenvalue weighted by Gasteiger charge is 2.33.